The number of urea groups is 1. The molecule has 1 aromatic carbocycles. The van der Waals surface area contributed by atoms with Crippen molar-refractivity contribution in [2.45, 2.75) is 126 Å². The summed E-state index contributed by atoms with van der Waals surface area (Å²) in [6.45, 7) is 6.12. The number of ether oxygens (including phenoxy) is 1. The Morgan fingerprint density at radius 2 is 1.70 bits per heavy atom. The molecular formula is C35H48N6O8S. The summed E-state index contributed by atoms with van der Waals surface area (Å²) in [5, 5.41) is 7.83. The number of sulfonamides is 1. The molecule has 5 atom stereocenters. The number of allylic oxidation sites excluding steroid dienone is 1. The van der Waals surface area contributed by atoms with E-state index in [1.807, 2.05) is 57.2 Å². The Balaban J connectivity index is 1.25. The Kier molecular flexibility index (Phi) is 9.90. The van der Waals surface area contributed by atoms with Gasteiger partial charge >= 0.3 is 12.1 Å². The van der Waals surface area contributed by atoms with E-state index in [0.717, 1.165) is 24.0 Å². The first-order valence-electron chi connectivity index (χ1n) is 17.6. The fourth-order valence-electron chi connectivity index (χ4n) is 7.06. The lowest BCUT2D eigenvalue weighted by Gasteiger charge is -2.30. The highest BCUT2D eigenvalue weighted by Gasteiger charge is 2.62. The van der Waals surface area contributed by atoms with Crippen LogP contribution >= 0.6 is 0 Å². The molecule has 50 heavy (non-hydrogen) atoms. The highest BCUT2D eigenvalue weighted by atomic mass is 32.2. The number of fused-ring (bicyclic) bond motifs is 3. The van der Waals surface area contributed by atoms with Crippen LogP contribution in [0.5, 0.6) is 0 Å². The third-order valence-electron chi connectivity index (χ3n) is 10.0. The van der Waals surface area contributed by atoms with Crippen LogP contribution in [0.25, 0.3) is 0 Å². The molecule has 1 aromatic rings. The molecule has 5 aliphatic rings. The third-order valence-corrected chi connectivity index (χ3v) is 11.8. The van der Waals surface area contributed by atoms with E-state index in [1.165, 1.54) is 4.90 Å². The molecule has 6 rings (SSSR count). The van der Waals surface area contributed by atoms with Gasteiger partial charge in [-0.1, -0.05) is 49.3 Å². The molecule has 4 N–H and O–H groups in total. The minimum atomic E-state index is -3.89. The van der Waals surface area contributed by atoms with Gasteiger partial charge < -0.3 is 25.6 Å². The van der Waals surface area contributed by atoms with Gasteiger partial charge in [-0.05, 0) is 70.4 Å². The number of hydrogen-bond donors (Lipinski definition) is 4. The fraction of sp³-hybridized carbons (Fsp3) is 0.629. The number of rotatable bonds is 5. The van der Waals surface area contributed by atoms with Crippen LogP contribution in [0.15, 0.2) is 36.4 Å². The van der Waals surface area contributed by atoms with Crippen LogP contribution in [0.4, 0.5) is 9.59 Å². The molecule has 15 heteroatoms. The van der Waals surface area contributed by atoms with Crippen molar-refractivity contribution < 1.29 is 37.1 Å². The second kappa shape index (κ2) is 13.9. The summed E-state index contributed by atoms with van der Waals surface area (Å²) in [6, 6.07) is 5.06. The normalized spacial score (nSPS) is 29.3. The molecule has 3 fully saturated rings. The molecule has 0 aromatic heterocycles. The quantitative estimate of drug-likeness (QED) is 0.336. The zero-order valence-corrected chi connectivity index (χ0v) is 29.7. The minimum absolute atomic E-state index is 0.0381. The zero-order chi connectivity index (χ0) is 35.8. The SMILES string of the molecule is CC(C)(C)NC(=O)N[C@H]1CCCCC/C=C\[C@@H]2C[C@@]2(C(=O)NS(=O)(=O)C2CC2)NC(=O)[C@@H]2C[C@@H](OC(=O)N3Cc4ccccc4C3)CN2C1=O. The van der Waals surface area contributed by atoms with E-state index in [4.69, 9.17) is 4.74 Å². The van der Waals surface area contributed by atoms with Crippen LogP contribution in [0.1, 0.15) is 89.7 Å². The maximum atomic E-state index is 14.3. The van der Waals surface area contributed by atoms with Crippen LogP contribution in [0.2, 0.25) is 0 Å². The maximum Gasteiger partial charge on any atom is 0.410 e. The molecule has 0 bridgehead atoms. The predicted molar refractivity (Wildman–Crippen MR) is 183 cm³/mol. The lowest BCUT2D eigenvalue weighted by molar-refractivity contribution is -0.141. The monoisotopic (exact) mass is 712 g/mol. The zero-order valence-electron chi connectivity index (χ0n) is 28.9. The molecule has 1 saturated heterocycles. The predicted octanol–water partition coefficient (Wildman–Crippen LogP) is 2.58. The summed E-state index contributed by atoms with van der Waals surface area (Å²) in [4.78, 5) is 71.3. The summed E-state index contributed by atoms with van der Waals surface area (Å²) < 4.78 is 33.6. The van der Waals surface area contributed by atoms with Crippen LogP contribution in [-0.4, -0.2) is 89.1 Å². The summed E-state index contributed by atoms with van der Waals surface area (Å²) in [6.07, 6.45) is 6.69. The number of carbonyl (C=O) groups is 5. The van der Waals surface area contributed by atoms with Gasteiger partial charge in [0.15, 0.2) is 0 Å². The lowest BCUT2D eigenvalue weighted by atomic mass is 10.0. The minimum Gasteiger partial charge on any atom is -0.444 e. The van der Waals surface area contributed by atoms with E-state index in [-0.39, 0.29) is 19.4 Å². The third kappa shape index (κ3) is 8.08. The van der Waals surface area contributed by atoms with Crippen molar-refractivity contribution in [1.82, 2.24) is 30.5 Å². The number of amides is 6. The second-order valence-corrected chi connectivity index (χ2v) is 17.2. The molecule has 0 radical (unpaired) electrons. The number of nitrogens with zero attached hydrogens (tertiary/aromatic N) is 2. The standard InChI is InChI=1S/C35H48N6O8S/c1-34(2,3)38-32(45)36-27-14-8-6-4-5-7-13-24-18-35(24,31(44)39-50(47,48)26-15-16-26)37-29(42)28-17-25(21-41(28)30(27)43)49-33(46)40-19-22-11-9-10-12-23(22)20-40/h7,9-13,24-28H,4-6,8,14-21H2,1-3H3,(H,37,42)(H,39,44)(H2,36,38,45)/b13-7-/t24-,25-,27+,28+,35-/m1/s1. The van der Waals surface area contributed by atoms with Crippen molar-refractivity contribution in [2.24, 2.45) is 5.92 Å². The van der Waals surface area contributed by atoms with Crippen molar-refractivity contribution >= 4 is 39.9 Å². The Labute approximate surface area is 293 Å². The van der Waals surface area contributed by atoms with Crippen LogP contribution in [0.3, 0.4) is 0 Å². The fourth-order valence-corrected chi connectivity index (χ4v) is 8.43. The second-order valence-electron chi connectivity index (χ2n) is 15.3. The van der Waals surface area contributed by atoms with Gasteiger partial charge in [-0.25, -0.2) is 18.0 Å². The number of carbonyl (C=O) groups excluding carboxylic acids is 5. The van der Waals surface area contributed by atoms with Gasteiger partial charge in [-0.2, -0.15) is 0 Å². The van der Waals surface area contributed by atoms with E-state index < -0.39 is 80.3 Å². The Bertz CT molecular complexity index is 1650. The average Bonchev–Trinajstić information content (AvgIpc) is 3.92. The van der Waals surface area contributed by atoms with Crippen LogP contribution in [-0.2, 0) is 42.2 Å². The van der Waals surface area contributed by atoms with Crippen molar-refractivity contribution in [3.8, 4) is 0 Å². The first-order chi connectivity index (χ1) is 23.6. The molecule has 3 aliphatic heterocycles. The van der Waals surface area contributed by atoms with Gasteiger partial charge in [0.25, 0.3) is 5.91 Å². The van der Waals surface area contributed by atoms with Gasteiger partial charge in [-0.15, -0.1) is 0 Å². The summed E-state index contributed by atoms with van der Waals surface area (Å²) in [5.41, 5.74) is -0.0427. The maximum absolute atomic E-state index is 14.3. The topological polar surface area (TPSA) is 183 Å². The van der Waals surface area contributed by atoms with Gasteiger partial charge in [-0.3, -0.25) is 24.0 Å². The lowest BCUT2D eigenvalue weighted by Crippen LogP contribution is -2.59. The van der Waals surface area contributed by atoms with Gasteiger partial charge in [0.1, 0.15) is 23.7 Å². The molecule has 0 spiro atoms. The molecule has 0 unspecified atom stereocenters. The molecule has 14 nitrogen and oxygen atoms in total. The average molecular weight is 713 g/mol. The first kappa shape index (κ1) is 35.7. The van der Waals surface area contributed by atoms with Gasteiger partial charge in [0.2, 0.25) is 21.8 Å². The van der Waals surface area contributed by atoms with Crippen LogP contribution in [0, 0.1) is 5.92 Å². The van der Waals surface area contributed by atoms with Crippen molar-refractivity contribution in [1.29, 1.82) is 0 Å². The Hall–Kier alpha value is -4.14. The largest absolute Gasteiger partial charge is 0.444 e. The number of benzene rings is 1. The first-order valence-corrected chi connectivity index (χ1v) is 19.2. The van der Waals surface area contributed by atoms with E-state index in [0.29, 0.717) is 45.2 Å². The molecule has 2 aliphatic carbocycles. The van der Waals surface area contributed by atoms with E-state index in [2.05, 4.69) is 20.7 Å². The smallest absolute Gasteiger partial charge is 0.410 e. The number of nitrogens with one attached hydrogen (secondary N) is 4. The summed E-state index contributed by atoms with van der Waals surface area (Å²) >= 11 is 0. The van der Waals surface area contributed by atoms with Crippen molar-refractivity contribution in [2.75, 3.05) is 6.54 Å². The van der Waals surface area contributed by atoms with E-state index in [9.17, 15) is 32.4 Å². The van der Waals surface area contributed by atoms with Crippen molar-refractivity contribution in [3.05, 3.63) is 47.5 Å². The Morgan fingerprint density at radius 1 is 1.00 bits per heavy atom. The Morgan fingerprint density at radius 3 is 2.36 bits per heavy atom. The molecule has 2 saturated carbocycles. The van der Waals surface area contributed by atoms with Crippen LogP contribution < -0.4 is 20.7 Å². The molecule has 272 valence electrons. The molecular weight excluding hydrogens is 664 g/mol. The molecule has 6 amide bonds. The summed E-state index contributed by atoms with van der Waals surface area (Å²) in [7, 11) is -3.89. The van der Waals surface area contributed by atoms with Gasteiger partial charge in [0.05, 0.1) is 11.8 Å². The molecule has 3 heterocycles. The van der Waals surface area contributed by atoms with E-state index >= 15 is 0 Å². The summed E-state index contributed by atoms with van der Waals surface area (Å²) in [5.74, 6) is -2.40. The van der Waals surface area contributed by atoms with Crippen molar-refractivity contribution in [3.63, 3.8) is 0 Å². The van der Waals surface area contributed by atoms with Gasteiger partial charge in [0, 0.05) is 31.0 Å². The number of hydrogen-bond acceptors (Lipinski definition) is 8. The highest BCUT2D eigenvalue weighted by molar-refractivity contribution is 7.91. The van der Waals surface area contributed by atoms with E-state index in [1.54, 1.807) is 4.90 Å². The highest BCUT2D eigenvalue weighted by Crippen LogP contribution is 2.46.